The van der Waals surface area contributed by atoms with Crippen LogP contribution in [0.15, 0.2) is 58.3 Å². The summed E-state index contributed by atoms with van der Waals surface area (Å²) < 4.78 is 31.7. The Kier molecular flexibility index (Phi) is 7.31. The Morgan fingerprint density at radius 3 is 2.45 bits per heavy atom. The third-order valence-corrected chi connectivity index (χ3v) is 5.86. The molecule has 0 saturated heterocycles. The lowest BCUT2D eigenvalue weighted by Crippen LogP contribution is -2.34. The number of nitro benzene ring substituents is 1. The number of hydrogen-bond donors (Lipinski definition) is 2. The van der Waals surface area contributed by atoms with Gasteiger partial charge in [-0.2, -0.15) is 4.72 Å². The Hall–Kier alpha value is -2.96. The molecule has 0 radical (unpaired) electrons. The Balaban J connectivity index is 2.11. The van der Waals surface area contributed by atoms with Crippen molar-refractivity contribution in [1.29, 1.82) is 0 Å². The van der Waals surface area contributed by atoms with Gasteiger partial charge in [-0.3, -0.25) is 19.7 Å². The standard InChI is InChI=1S/C17H17N3O7S2/c1-28-14-8-7-12(9-13(14)20(23)24)29(25,26)19-10-15(21)27-16(17(18)22)11-5-3-2-4-6-11/h2-9,16,19H,10H2,1H3,(H2,18,22). The highest BCUT2D eigenvalue weighted by molar-refractivity contribution is 7.98. The third kappa shape index (κ3) is 5.76. The minimum Gasteiger partial charge on any atom is -0.446 e. The zero-order chi connectivity index (χ0) is 21.6. The molecule has 0 aromatic heterocycles. The number of nitrogens with zero attached hydrogens (tertiary/aromatic N) is 1. The van der Waals surface area contributed by atoms with Crippen molar-refractivity contribution >= 4 is 39.3 Å². The third-order valence-electron chi connectivity index (χ3n) is 3.67. The van der Waals surface area contributed by atoms with Crippen molar-refractivity contribution in [3.05, 3.63) is 64.2 Å². The number of primary amides is 1. The molecule has 2 rings (SSSR count). The first kappa shape index (κ1) is 22.3. The van der Waals surface area contributed by atoms with Gasteiger partial charge >= 0.3 is 5.97 Å². The molecule has 154 valence electrons. The van der Waals surface area contributed by atoms with E-state index < -0.39 is 39.5 Å². The molecule has 1 amide bonds. The van der Waals surface area contributed by atoms with Crippen LogP contribution in [0.3, 0.4) is 0 Å². The van der Waals surface area contributed by atoms with E-state index in [0.717, 1.165) is 17.8 Å². The number of rotatable bonds is 9. The smallest absolute Gasteiger partial charge is 0.322 e. The van der Waals surface area contributed by atoms with Gasteiger partial charge < -0.3 is 10.5 Å². The van der Waals surface area contributed by atoms with Crippen molar-refractivity contribution in [2.24, 2.45) is 5.73 Å². The van der Waals surface area contributed by atoms with E-state index in [9.17, 15) is 28.1 Å². The van der Waals surface area contributed by atoms with Gasteiger partial charge in [-0.25, -0.2) is 8.42 Å². The van der Waals surface area contributed by atoms with Crippen LogP contribution in [-0.2, 0) is 24.3 Å². The summed E-state index contributed by atoms with van der Waals surface area (Å²) >= 11 is 1.09. The van der Waals surface area contributed by atoms with Crippen molar-refractivity contribution in [2.75, 3.05) is 12.8 Å². The van der Waals surface area contributed by atoms with E-state index in [4.69, 9.17) is 10.5 Å². The molecule has 0 fully saturated rings. The van der Waals surface area contributed by atoms with Crippen molar-refractivity contribution in [3.63, 3.8) is 0 Å². The molecular formula is C17H17N3O7S2. The van der Waals surface area contributed by atoms with Crippen LogP contribution in [-0.4, -0.2) is 38.0 Å². The predicted molar refractivity (Wildman–Crippen MR) is 105 cm³/mol. The van der Waals surface area contributed by atoms with Gasteiger partial charge in [-0.15, -0.1) is 11.8 Å². The Bertz CT molecular complexity index is 1030. The van der Waals surface area contributed by atoms with E-state index in [1.165, 1.54) is 24.3 Å². The van der Waals surface area contributed by atoms with E-state index in [2.05, 4.69) is 0 Å². The van der Waals surface area contributed by atoms with Crippen LogP contribution in [0, 0.1) is 10.1 Å². The van der Waals surface area contributed by atoms with Gasteiger partial charge in [0.1, 0.15) is 6.54 Å². The molecule has 0 heterocycles. The minimum atomic E-state index is -4.24. The second-order valence-corrected chi connectivity index (χ2v) is 8.21. The van der Waals surface area contributed by atoms with E-state index in [-0.39, 0.29) is 10.6 Å². The number of nitrogens with two attached hydrogens (primary N) is 1. The fourth-order valence-corrected chi connectivity index (χ4v) is 3.84. The van der Waals surface area contributed by atoms with Gasteiger partial charge in [0.25, 0.3) is 11.6 Å². The summed E-state index contributed by atoms with van der Waals surface area (Å²) in [4.78, 5) is 33.9. The normalized spacial score (nSPS) is 12.2. The van der Waals surface area contributed by atoms with E-state index >= 15 is 0 Å². The fraction of sp³-hybridized carbons (Fsp3) is 0.176. The molecule has 0 aliphatic rings. The number of ether oxygens (including phenoxy) is 1. The van der Waals surface area contributed by atoms with Crippen LogP contribution in [0.2, 0.25) is 0 Å². The number of carbonyl (C=O) groups is 2. The second kappa shape index (κ2) is 9.49. The molecule has 0 aliphatic heterocycles. The first-order chi connectivity index (χ1) is 13.7. The average molecular weight is 439 g/mol. The Morgan fingerprint density at radius 2 is 1.90 bits per heavy atom. The van der Waals surface area contributed by atoms with Crippen molar-refractivity contribution in [3.8, 4) is 0 Å². The van der Waals surface area contributed by atoms with Gasteiger partial charge in [-0.1, -0.05) is 30.3 Å². The molecule has 2 aromatic rings. The molecule has 0 aliphatic carbocycles. The number of carbonyl (C=O) groups excluding carboxylic acids is 2. The molecule has 3 N–H and O–H groups in total. The van der Waals surface area contributed by atoms with Crippen LogP contribution in [0.25, 0.3) is 0 Å². The van der Waals surface area contributed by atoms with Crippen molar-refractivity contribution in [2.45, 2.75) is 15.9 Å². The summed E-state index contributed by atoms with van der Waals surface area (Å²) in [6, 6.07) is 11.4. The number of nitrogens with one attached hydrogen (secondary N) is 1. The Labute approximate surface area is 170 Å². The SMILES string of the molecule is CSc1ccc(S(=O)(=O)NCC(=O)OC(C(N)=O)c2ccccc2)cc1[N+](=O)[O-]. The predicted octanol–water partition coefficient (Wildman–Crippen LogP) is 1.36. The maximum absolute atomic E-state index is 12.4. The minimum absolute atomic E-state index is 0.292. The maximum Gasteiger partial charge on any atom is 0.322 e. The topological polar surface area (TPSA) is 159 Å². The lowest BCUT2D eigenvalue weighted by atomic mass is 10.1. The highest BCUT2D eigenvalue weighted by Crippen LogP contribution is 2.29. The van der Waals surface area contributed by atoms with Crippen LogP contribution >= 0.6 is 11.8 Å². The molecule has 1 atom stereocenters. The van der Waals surface area contributed by atoms with Crippen molar-refractivity contribution in [1.82, 2.24) is 4.72 Å². The first-order valence-electron chi connectivity index (χ1n) is 8.01. The van der Waals surface area contributed by atoms with Gasteiger partial charge in [-0.05, 0) is 18.4 Å². The monoisotopic (exact) mass is 439 g/mol. The largest absolute Gasteiger partial charge is 0.446 e. The summed E-state index contributed by atoms with van der Waals surface area (Å²) in [5.41, 5.74) is 5.20. The lowest BCUT2D eigenvalue weighted by Gasteiger charge is -2.15. The summed E-state index contributed by atoms with van der Waals surface area (Å²) in [6.07, 6.45) is 0.238. The number of sulfonamides is 1. The summed E-state index contributed by atoms with van der Waals surface area (Å²) in [7, 11) is -4.24. The molecule has 0 bridgehead atoms. The van der Waals surface area contributed by atoms with Crippen molar-refractivity contribution < 1.29 is 27.7 Å². The van der Waals surface area contributed by atoms with Gasteiger partial charge in [0.15, 0.2) is 0 Å². The lowest BCUT2D eigenvalue weighted by molar-refractivity contribution is -0.387. The van der Waals surface area contributed by atoms with Crippen LogP contribution in [0.4, 0.5) is 5.69 Å². The van der Waals surface area contributed by atoms with Crippen LogP contribution in [0.1, 0.15) is 11.7 Å². The second-order valence-electron chi connectivity index (χ2n) is 5.60. The van der Waals surface area contributed by atoms with Crippen LogP contribution in [0.5, 0.6) is 0 Å². The first-order valence-corrected chi connectivity index (χ1v) is 10.7. The number of amides is 1. The number of esters is 1. The Morgan fingerprint density at radius 1 is 1.24 bits per heavy atom. The zero-order valence-corrected chi connectivity index (χ0v) is 16.7. The van der Waals surface area contributed by atoms with Gasteiger partial charge in [0.05, 0.1) is 14.7 Å². The molecular weight excluding hydrogens is 422 g/mol. The molecule has 10 nitrogen and oxygen atoms in total. The number of nitro groups is 1. The highest BCUT2D eigenvalue weighted by Gasteiger charge is 2.25. The summed E-state index contributed by atoms with van der Waals surface area (Å²) in [6.45, 7) is -0.795. The van der Waals surface area contributed by atoms with Gasteiger partial charge in [0, 0.05) is 11.6 Å². The van der Waals surface area contributed by atoms with Crippen LogP contribution < -0.4 is 10.5 Å². The quantitative estimate of drug-likeness (QED) is 0.256. The van der Waals surface area contributed by atoms with Gasteiger partial charge in [0.2, 0.25) is 16.1 Å². The average Bonchev–Trinajstić information content (AvgIpc) is 2.70. The zero-order valence-electron chi connectivity index (χ0n) is 15.1. The molecule has 29 heavy (non-hydrogen) atoms. The molecule has 2 aromatic carbocycles. The van der Waals surface area contributed by atoms with E-state index in [1.54, 1.807) is 24.5 Å². The number of benzene rings is 2. The summed E-state index contributed by atoms with van der Waals surface area (Å²) in [5, 5.41) is 11.1. The number of hydrogen-bond acceptors (Lipinski definition) is 8. The molecule has 12 heteroatoms. The molecule has 0 saturated carbocycles. The summed E-state index contributed by atoms with van der Waals surface area (Å²) in [5.74, 6) is -1.97. The highest BCUT2D eigenvalue weighted by atomic mass is 32.2. The fourth-order valence-electron chi connectivity index (χ4n) is 2.31. The molecule has 0 spiro atoms. The molecule has 1 unspecified atom stereocenters. The van der Waals surface area contributed by atoms with E-state index in [1.807, 2.05) is 4.72 Å². The van der Waals surface area contributed by atoms with E-state index in [0.29, 0.717) is 10.5 Å². The maximum atomic E-state index is 12.4. The number of thioether (sulfide) groups is 1.